The molecule has 2 aromatic rings. The van der Waals surface area contributed by atoms with E-state index in [1.165, 1.54) is 24.3 Å². The number of rotatable bonds is 6. The Morgan fingerprint density at radius 2 is 1.73 bits per heavy atom. The van der Waals surface area contributed by atoms with Gasteiger partial charge in [-0.1, -0.05) is 23.9 Å². The second-order valence-electron chi connectivity index (χ2n) is 4.53. The van der Waals surface area contributed by atoms with Crippen LogP contribution in [0.2, 0.25) is 0 Å². The van der Waals surface area contributed by atoms with Crippen LogP contribution in [-0.4, -0.2) is 23.4 Å². The second kappa shape index (κ2) is 7.91. The number of aliphatic hydroxyl groups is 1. The van der Waals surface area contributed by atoms with Crippen LogP contribution in [0, 0.1) is 0 Å². The van der Waals surface area contributed by atoms with E-state index in [-0.39, 0.29) is 12.5 Å². The molecule has 6 heteroatoms. The molecule has 2 aromatic carbocycles. The van der Waals surface area contributed by atoms with Crippen molar-refractivity contribution < 1.29 is 18.7 Å². The first-order valence-electron chi connectivity index (χ1n) is 6.64. The zero-order valence-electron chi connectivity index (χ0n) is 11.6. The van der Waals surface area contributed by atoms with Crippen LogP contribution in [0.25, 0.3) is 0 Å². The predicted molar refractivity (Wildman–Crippen MR) is 83.5 cm³/mol. The average molecular weight is 323 g/mol. The molecular weight excluding hydrogens is 308 g/mol. The minimum atomic E-state index is -2.47. The summed E-state index contributed by atoms with van der Waals surface area (Å²) in [4.78, 5) is 12.5. The minimum Gasteiger partial charge on any atom is -0.396 e. The summed E-state index contributed by atoms with van der Waals surface area (Å²) in [5.74, 6) is -2.78. The number of aliphatic hydroxyl groups excluding tert-OH is 1. The lowest BCUT2D eigenvalue weighted by molar-refractivity contribution is 0.102. The van der Waals surface area contributed by atoms with E-state index in [9.17, 15) is 13.6 Å². The van der Waals surface area contributed by atoms with Gasteiger partial charge in [0.2, 0.25) is 0 Å². The molecule has 0 fully saturated rings. The molecule has 2 N–H and O–H groups in total. The molecule has 22 heavy (non-hydrogen) atoms. The predicted octanol–water partition coefficient (Wildman–Crippen LogP) is 3.79. The molecule has 0 heterocycles. The molecule has 0 saturated carbocycles. The van der Waals surface area contributed by atoms with E-state index in [2.05, 4.69) is 5.32 Å². The quantitative estimate of drug-likeness (QED) is 0.795. The number of carbonyl (C=O) groups excluding carboxylic acids is 1. The summed E-state index contributed by atoms with van der Waals surface area (Å²) < 4.78 is 24.4. The van der Waals surface area contributed by atoms with Crippen LogP contribution in [0.3, 0.4) is 0 Å². The van der Waals surface area contributed by atoms with Gasteiger partial charge in [-0.15, -0.1) is 0 Å². The standard InChI is InChI=1S/C16H15F2NO2S/c17-16(18)22-14-7-3-12(4-8-14)15(21)19-13-5-1-11(2-6-13)9-10-20/h1-8,16,20H,9-10H2,(H,19,21). The van der Waals surface area contributed by atoms with E-state index in [0.29, 0.717) is 34.3 Å². The van der Waals surface area contributed by atoms with Gasteiger partial charge in [-0.05, 0) is 48.4 Å². The molecule has 0 aliphatic carbocycles. The van der Waals surface area contributed by atoms with Crippen LogP contribution in [0.4, 0.5) is 14.5 Å². The topological polar surface area (TPSA) is 49.3 Å². The lowest BCUT2D eigenvalue weighted by atomic mass is 10.1. The number of hydrogen-bond donors (Lipinski definition) is 2. The third-order valence-electron chi connectivity index (χ3n) is 2.95. The largest absolute Gasteiger partial charge is 0.396 e. The number of hydrogen-bond acceptors (Lipinski definition) is 3. The van der Waals surface area contributed by atoms with Crippen molar-refractivity contribution in [2.75, 3.05) is 11.9 Å². The number of amides is 1. The molecule has 2 rings (SSSR count). The molecule has 1 amide bonds. The van der Waals surface area contributed by atoms with E-state index in [1.54, 1.807) is 12.1 Å². The summed E-state index contributed by atoms with van der Waals surface area (Å²) >= 11 is 0.444. The number of thioether (sulfide) groups is 1. The Balaban J connectivity index is 1.99. The van der Waals surface area contributed by atoms with Crippen molar-refractivity contribution in [1.82, 2.24) is 0 Å². The van der Waals surface area contributed by atoms with Gasteiger partial charge in [0.05, 0.1) is 0 Å². The Hall–Kier alpha value is -1.92. The van der Waals surface area contributed by atoms with Gasteiger partial charge in [0, 0.05) is 22.8 Å². The highest BCUT2D eigenvalue weighted by atomic mass is 32.2. The maximum atomic E-state index is 12.2. The van der Waals surface area contributed by atoms with Crippen LogP contribution < -0.4 is 5.32 Å². The molecule has 0 aromatic heterocycles. The van der Waals surface area contributed by atoms with Gasteiger partial charge < -0.3 is 10.4 Å². The second-order valence-corrected chi connectivity index (χ2v) is 5.59. The normalized spacial score (nSPS) is 10.7. The van der Waals surface area contributed by atoms with Crippen molar-refractivity contribution in [2.24, 2.45) is 0 Å². The molecule has 0 aliphatic heterocycles. The first-order valence-corrected chi connectivity index (χ1v) is 7.52. The summed E-state index contributed by atoms with van der Waals surface area (Å²) in [6.45, 7) is 0.0781. The lowest BCUT2D eigenvalue weighted by Gasteiger charge is -2.07. The van der Waals surface area contributed by atoms with Crippen molar-refractivity contribution in [3.8, 4) is 0 Å². The molecular formula is C16H15F2NO2S. The monoisotopic (exact) mass is 323 g/mol. The van der Waals surface area contributed by atoms with Gasteiger partial charge in [-0.25, -0.2) is 0 Å². The van der Waals surface area contributed by atoms with Crippen LogP contribution in [0.15, 0.2) is 53.4 Å². The Labute approximate surface area is 131 Å². The fourth-order valence-electron chi connectivity index (χ4n) is 1.87. The lowest BCUT2D eigenvalue weighted by Crippen LogP contribution is -2.11. The molecule has 0 radical (unpaired) electrons. The van der Waals surface area contributed by atoms with Gasteiger partial charge in [0.15, 0.2) is 0 Å². The summed E-state index contributed by atoms with van der Waals surface area (Å²) in [5, 5.41) is 11.6. The van der Waals surface area contributed by atoms with Gasteiger partial charge in [0.1, 0.15) is 0 Å². The summed E-state index contributed by atoms with van der Waals surface area (Å²) in [6.07, 6.45) is 0.567. The molecule has 0 bridgehead atoms. The first-order chi connectivity index (χ1) is 10.6. The number of anilines is 1. The Morgan fingerprint density at radius 3 is 2.27 bits per heavy atom. The highest BCUT2D eigenvalue weighted by Gasteiger charge is 2.08. The molecule has 0 saturated heterocycles. The number of alkyl halides is 2. The number of carbonyl (C=O) groups is 1. The van der Waals surface area contributed by atoms with Gasteiger partial charge in [-0.2, -0.15) is 8.78 Å². The smallest absolute Gasteiger partial charge is 0.288 e. The highest BCUT2D eigenvalue weighted by Crippen LogP contribution is 2.25. The van der Waals surface area contributed by atoms with E-state index in [0.717, 1.165) is 5.56 Å². The van der Waals surface area contributed by atoms with Gasteiger partial charge in [0.25, 0.3) is 11.7 Å². The molecule has 116 valence electrons. The molecule has 0 unspecified atom stereocenters. The maximum Gasteiger partial charge on any atom is 0.288 e. The van der Waals surface area contributed by atoms with Crippen LogP contribution in [0.5, 0.6) is 0 Å². The van der Waals surface area contributed by atoms with Gasteiger partial charge in [-0.3, -0.25) is 4.79 Å². The zero-order chi connectivity index (χ0) is 15.9. The maximum absolute atomic E-state index is 12.2. The van der Waals surface area contributed by atoms with Crippen molar-refractivity contribution in [1.29, 1.82) is 0 Å². The Bertz CT molecular complexity index is 615. The Morgan fingerprint density at radius 1 is 1.09 bits per heavy atom. The summed E-state index contributed by atoms with van der Waals surface area (Å²) in [5.41, 5.74) is 2.02. The van der Waals surface area contributed by atoms with Crippen LogP contribution in [0.1, 0.15) is 15.9 Å². The van der Waals surface area contributed by atoms with E-state index in [4.69, 9.17) is 5.11 Å². The summed E-state index contributed by atoms with van der Waals surface area (Å²) in [6, 6.07) is 13.2. The fourth-order valence-corrected chi connectivity index (χ4v) is 2.37. The van der Waals surface area contributed by atoms with E-state index < -0.39 is 5.76 Å². The highest BCUT2D eigenvalue weighted by molar-refractivity contribution is 7.99. The summed E-state index contributed by atoms with van der Waals surface area (Å²) in [7, 11) is 0. The van der Waals surface area contributed by atoms with E-state index in [1.807, 2.05) is 12.1 Å². The zero-order valence-corrected chi connectivity index (χ0v) is 12.4. The minimum absolute atomic E-state index is 0.0781. The molecule has 0 atom stereocenters. The van der Waals surface area contributed by atoms with Gasteiger partial charge >= 0.3 is 0 Å². The Kier molecular flexibility index (Phi) is 5.91. The number of halogens is 2. The molecule has 0 spiro atoms. The molecule has 0 aliphatic rings. The molecule has 3 nitrogen and oxygen atoms in total. The fraction of sp³-hybridized carbons (Fsp3) is 0.188. The van der Waals surface area contributed by atoms with E-state index >= 15 is 0 Å². The van der Waals surface area contributed by atoms with Crippen LogP contribution in [-0.2, 0) is 6.42 Å². The third kappa shape index (κ3) is 4.82. The number of nitrogens with one attached hydrogen (secondary N) is 1. The van der Waals surface area contributed by atoms with Crippen molar-refractivity contribution in [3.05, 3.63) is 59.7 Å². The average Bonchev–Trinajstić information content (AvgIpc) is 2.49. The van der Waals surface area contributed by atoms with Crippen molar-refractivity contribution in [3.63, 3.8) is 0 Å². The van der Waals surface area contributed by atoms with Crippen molar-refractivity contribution >= 4 is 23.4 Å². The van der Waals surface area contributed by atoms with Crippen molar-refractivity contribution in [2.45, 2.75) is 17.1 Å². The number of benzene rings is 2. The SMILES string of the molecule is O=C(Nc1ccc(CCO)cc1)c1ccc(SC(F)F)cc1. The third-order valence-corrected chi connectivity index (χ3v) is 3.68. The first kappa shape index (κ1) is 16.5. The van der Waals surface area contributed by atoms with Crippen LogP contribution >= 0.6 is 11.8 Å².